The number of hydrogen-bond acceptors (Lipinski definition) is 5. The third-order valence-corrected chi connectivity index (χ3v) is 2.82. The molecule has 0 aromatic carbocycles. The number of nitrogens with zero attached hydrogens (tertiary/aromatic N) is 3. The Morgan fingerprint density at radius 2 is 2.22 bits per heavy atom. The van der Waals surface area contributed by atoms with Crippen LogP contribution < -0.4 is 10.6 Å². The Labute approximate surface area is 107 Å². The van der Waals surface area contributed by atoms with E-state index in [2.05, 4.69) is 18.8 Å². The highest BCUT2D eigenvalue weighted by molar-refractivity contribution is 5.46. The predicted molar refractivity (Wildman–Crippen MR) is 71.6 cm³/mol. The zero-order chi connectivity index (χ0) is 13.8. The number of anilines is 1. The van der Waals surface area contributed by atoms with E-state index in [1.807, 2.05) is 11.8 Å². The molecule has 0 spiro atoms. The highest BCUT2D eigenvalue weighted by atomic mass is 16.6. The molecular weight excluding hydrogens is 232 g/mol. The van der Waals surface area contributed by atoms with Crippen molar-refractivity contribution in [2.75, 3.05) is 24.5 Å². The van der Waals surface area contributed by atoms with E-state index in [1.54, 1.807) is 0 Å². The Hall–Kier alpha value is -1.69. The molecule has 0 amide bonds. The SMILES string of the molecule is CCN(CC(C)(C)CN)c1cc([N+](=O)[O-])ccn1. The quantitative estimate of drug-likeness (QED) is 0.616. The molecule has 6 heteroatoms. The summed E-state index contributed by atoms with van der Waals surface area (Å²) in [7, 11) is 0. The highest BCUT2D eigenvalue weighted by Gasteiger charge is 2.21. The lowest BCUT2D eigenvalue weighted by Gasteiger charge is -2.31. The molecular formula is C12H20N4O2. The first-order valence-electron chi connectivity index (χ1n) is 5.95. The van der Waals surface area contributed by atoms with E-state index in [0.717, 1.165) is 6.54 Å². The summed E-state index contributed by atoms with van der Waals surface area (Å²) in [6.07, 6.45) is 1.46. The minimum Gasteiger partial charge on any atom is -0.356 e. The van der Waals surface area contributed by atoms with Crippen molar-refractivity contribution in [3.63, 3.8) is 0 Å². The summed E-state index contributed by atoms with van der Waals surface area (Å²) < 4.78 is 0. The van der Waals surface area contributed by atoms with Crippen molar-refractivity contribution >= 4 is 11.5 Å². The molecule has 100 valence electrons. The number of nitro groups is 1. The lowest BCUT2D eigenvalue weighted by molar-refractivity contribution is -0.384. The third kappa shape index (κ3) is 3.66. The summed E-state index contributed by atoms with van der Waals surface area (Å²) in [5.74, 6) is 0.619. The number of nitrogens with two attached hydrogens (primary N) is 1. The Kier molecular flexibility index (Phi) is 4.61. The Balaban J connectivity index is 2.95. The maximum Gasteiger partial charge on any atom is 0.274 e. The van der Waals surface area contributed by atoms with Gasteiger partial charge in [0, 0.05) is 25.4 Å². The maximum atomic E-state index is 10.7. The van der Waals surface area contributed by atoms with Crippen molar-refractivity contribution in [3.8, 4) is 0 Å². The van der Waals surface area contributed by atoms with Crippen LogP contribution in [-0.4, -0.2) is 29.5 Å². The fraction of sp³-hybridized carbons (Fsp3) is 0.583. The topological polar surface area (TPSA) is 85.3 Å². The summed E-state index contributed by atoms with van der Waals surface area (Å²) in [5, 5.41) is 10.7. The van der Waals surface area contributed by atoms with Crippen LogP contribution in [0.15, 0.2) is 18.3 Å². The average Bonchev–Trinajstić information content (AvgIpc) is 2.36. The van der Waals surface area contributed by atoms with Gasteiger partial charge in [-0.25, -0.2) is 4.98 Å². The second-order valence-corrected chi connectivity index (χ2v) is 5.01. The van der Waals surface area contributed by atoms with Crippen LogP contribution in [0.2, 0.25) is 0 Å². The van der Waals surface area contributed by atoms with Crippen LogP contribution in [0.5, 0.6) is 0 Å². The smallest absolute Gasteiger partial charge is 0.274 e. The van der Waals surface area contributed by atoms with Gasteiger partial charge in [-0.3, -0.25) is 10.1 Å². The monoisotopic (exact) mass is 252 g/mol. The van der Waals surface area contributed by atoms with E-state index in [4.69, 9.17) is 5.73 Å². The Bertz CT molecular complexity index is 420. The molecule has 1 aromatic rings. The van der Waals surface area contributed by atoms with E-state index < -0.39 is 4.92 Å². The van der Waals surface area contributed by atoms with Crippen LogP contribution in [0.3, 0.4) is 0 Å². The summed E-state index contributed by atoms with van der Waals surface area (Å²) in [6.45, 7) is 8.12. The van der Waals surface area contributed by atoms with E-state index in [9.17, 15) is 10.1 Å². The van der Waals surface area contributed by atoms with Gasteiger partial charge in [-0.15, -0.1) is 0 Å². The largest absolute Gasteiger partial charge is 0.356 e. The van der Waals surface area contributed by atoms with Crippen molar-refractivity contribution < 1.29 is 4.92 Å². The van der Waals surface area contributed by atoms with Crippen LogP contribution in [0.4, 0.5) is 11.5 Å². The second-order valence-electron chi connectivity index (χ2n) is 5.01. The van der Waals surface area contributed by atoms with Crippen LogP contribution in [0, 0.1) is 15.5 Å². The van der Waals surface area contributed by atoms with Gasteiger partial charge in [0.05, 0.1) is 11.0 Å². The maximum absolute atomic E-state index is 10.7. The van der Waals surface area contributed by atoms with Gasteiger partial charge in [0.1, 0.15) is 5.82 Å². The zero-order valence-corrected chi connectivity index (χ0v) is 11.1. The molecule has 1 aromatic heterocycles. The van der Waals surface area contributed by atoms with Gasteiger partial charge in [-0.05, 0) is 18.9 Å². The Morgan fingerprint density at radius 3 is 2.72 bits per heavy atom. The van der Waals surface area contributed by atoms with Crippen LogP contribution in [-0.2, 0) is 0 Å². The molecule has 0 atom stereocenters. The summed E-state index contributed by atoms with van der Waals surface area (Å²) in [4.78, 5) is 16.5. The van der Waals surface area contributed by atoms with Gasteiger partial charge in [-0.2, -0.15) is 0 Å². The van der Waals surface area contributed by atoms with Gasteiger partial charge in [0.25, 0.3) is 5.69 Å². The molecule has 0 fully saturated rings. The molecule has 18 heavy (non-hydrogen) atoms. The number of hydrogen-bond donors (Lipinski definition) is 1. The van der Waals surface area contributed by atoms with Crippen molar-refractivity contribution in [1.82, 2.24) is 4.98 Å². The number of aromatic nitrogens is 1. The normalized spacial score (nSPS) is 11.3. The highest BCUT2D eigenvalue weighted by Crippen LogP contribution is 2.22. The minimum absolute atomic E-state index is 0.0533. The number of pyridine rings is 1. The van der Waals surface area contributed by atoms with E-state index in [-0.39, 0.29) is 11.1 Å². The van der Waals surface area contributed by atoms with Gasteiger partial charge in [0.2, 0.25) is 0 Å². The van der Waals surface area contributed by atoms with Gasteiger partial charge >= 0.3 is 0 Å². The number of rotatable bonds is 6. The van der Waals surface area contributed by atoms with E-state index in [0.29, 0.717) is 18.9 Å². The lowest BCUT2D eigenvalue weighted by Crippen LogP contribution is -2.39. The van der Waals surface area contributed by atoms with Crippen molar-refractivity contribution in [3.05, 3.63) is 28.4 Å². The third-order valence-electron chi connectivity index (χ3n) is 2.82. The van der Waals surface area contributed by atoms with Gasteiger partial charge < -0.3 is 10.6 Å². The fourth-order valence-electron chi connectivity index (χ4n) is 1.63. The lowest BCUT2D eigenvalue weighted by atomic mass is 9.93. The molecule has 2 N–H and O–H groups in total. The van der Waals surface area contributed by atoms with Crippen LogP contribution in [0.25, 0.3) is 0 Å². The summed E-state index contributed by atoms with van der Waals surface area (Å²) in [5.41, 5.74) is 5.72. The molecule has 1 heterocycles. The molecule has 0 radical (unpaired) electrons. The zero-order valence-electron chi connectivity index (χ0n) is 11.1. The van der Waals surface area contributed by atoms with Crippen LogP contribution >= 0.6 is 0 Å². The molecule has 6 nitrogen and oxygen atoms in total. The standard InChI is InChI=1S/C12H20N4O2/c1-4-15(9-12(2,3)8-13)11-7-10(16(17)18)5-6-14-11/h5-7H,4,8-9,13H2,1-3H3. The van der Waals surface area contributed by atoms with Crippen molar-refractivity contribution in [2.24, 2.45) is 11.1 Å². The summed E-state index contributed by atoms with van der Waals surface area (Å²) in [6, 6.07) is 2.89. The van der Waals surface area contributed by atoms with E-state index in [1.165, 1.54) is 18.3 Å². The molecule has 0 unspecified atom stereocenters. The average molecular weight is 252 g/mol. The van der Waals surface area contributed by atoms with Crippen LogP contribution in [0.1, 0.15) is 20.8 Å². The molecule has 0 saturated carbocycles. The molecule has 0 aliphatic carbocycles. The molecule has 0 bridgehead atoms. The Morgan fingerprint density at radius 1 is 1.56 bits per heavy atom. The first-order valence-corrected chi connectivity index (χ1v) is 5.95. The van der Waals surface area contributed by atoms with Gasteiger partial charge in [0.15, 0.2) is 0 Å². The minimum atomic E-state index is -0.410. The molecule has 0 saturated heterocycles. The molecule has 0 aliphatic heterocycles. The first-order chi connectivity index (χ1) is 8.39. The fourth-order valence-corrected chi connectivity index (χ4v) is 1.63. The summed E-state index contributed by atoms with van der Waals surface area (Å²) >= 11 is 0. The molecule has 1 rings (SSSR count). The second kappa shape index (κ2) is 5.77. The first kappa shape index (κ1) is 14.4. The van der Waals surface area contributed by atoms with Gasteiger partial charge in [-0.1, -0.05) is 13.8 Å². The predicted octanol–water partition coefficient (Wildman–Crippen LogP) is 1.80. The van der Waals surface area contributed by atoms with Crippen molar-refractivity contribution in [2.45, 2.75) is 20.8 Å². The molecule has 0 aliphatic rings. The van der Waals surface area contributed by atoms with E-state index >= 15 is 0 Å². The van der Waals surface area contributed by atoms with Crippen molar-refractivity contribution in [1.29, 1.82) is 0 Å².